The highest BCUT2D eigenvalue weighted by atomic mass is 16.5. The Labute approximate surface area is 193 Å². The highest BCUT2D eigenvalue weighted by molar-refractivity contribution is 5.93. The van der Waals surface area contributed by atoms with Gasteiger partial charge in [0.1, 0.15) is 11.5 Å². The van der Waals surface area contributed by atoms with E-state index in [1.54, 1.807) is 0 Å². The van der Waals surface area contributed by atoms with Crippen LogP contribution in [0, 0.1) is 0 Å². The standard InChI is InChI=1S/C27H39N3O2/c1-5-29(6-2)15-9-17-31-24-13-11-22-19-23-12-14-25(21-27(23)28-26(22)20-24)32-18-10-16-30(7-3)8-4/h11-14,19-21H,5-10,15-18H2,1-4H3. The molecule has 0 radical (unpaired) electrons. The summed E-state index contributed by atoms with van der Waals surface area (Å²) < 4.78 is 12.0. The number of hydrogen-bond acceptors (Lipinski definition) is 5. The van der Waals surface area contributed by atoms with Crippen LogP contribution in [0.25, 0.3) is 21.8 Å². The van der Waals surface area contributed by atoms with Gasteiger partial charge in [-0.1, -0.05) is 27.7 Å². The molecule has 0 spiro atoms. The smallest absolute Gasteiger partial charge is 0.121 e. The summed E-state index contributed by atoms with van der Waals surface area (Å²) in [4.78, 5) is 9.72. The number of benzene rings is 2. The van der Waals surface area contributed by atoms with Gasteiger partial charge < -0.3 is 19.3 Å². The number of nitrogens with zero attached hydrogens (tertiary/aromatic N) is 3. The first-order valence-corrected chi connectivity index (χ1v) is 12.2. The van der Waals surface area contributed by atoms with E-state index in [0.29, 0.717) is 0 Å². The van der Waals surface area contributed by atoms with Crippen molar-refractivity contribution in [3.05, 3.63) is 42.5 Å². The molecule has 0 N–H and O–H groups in total. The minimum atomic E-state index is 0.723. The van der Waals surface area contributed by atoms with Crippen molar-refractivity contribution in [2.45, 2.75) is 40.5 Å². The summed E-state index contributed by atoms with van der Waals surface area (Å²) in [5.74, 6) is 1.76. The molecular formula is C27H39N3O2. The molecular weight excluding hydrogens is 398 g/mol. The molecule has 1 aromatic heterocycles. The van der Waals surface area contributed by atoms with E-state index in [9.17, 15) is 0 Å². The van der Waals surface area contributed by atoms with Crippen LogP contribution in [-0.2, 0) is 0 Å². The number of fused-ring (bicyclic) bond motifs is 2. The second kappa shape index (κ2) is 12.6. The normalized spacial score (nSPS) is 11.7. The molecule has 0 aliphatic carbocycles. The highest BCUT2D eigenvalue weighted by Gasteiger charge is 2.06. The van der Waals surface area contributed by atoms with Crippen LogP contribution in [0.5, 0.6) is 11.5 Å². The summed E-state index contributed by atoms with van der Waals surface area (Å²) in [6, 6.07) is 14.6. The molecule has 2 aromatic carbocycles. The fourth-order valence-corrected chi connectivity index (χ4v) is 4.00. The second-order valence-corrected chi connectivity index (χ2v) is 8.16. The molecule has 3 aromatic rings. The molecule has 5 nitrogen and oxygen atoms in total. The fraction of sp³-hybridized carbons (Fsp3) is 0.519. The van der Waals surface area contributed by atoms with Gasteiger partial charge in [0.2, 0.25) is 0 Å². The number of aromatic nitrogens is 1. The minimum absolute atomic E-state index is 0.723. The lowest BCUT2D eigenvalue weighted by Gasteiger charge is -2.17. The van der Waals surface area contributed by atoms with E-state index >= 15 is 0 Å². The van der Waals surface area contributed by atoms with Gasteiger partial charge in [-0.05, 0) is 69.4 Å². The fourth-order valence-electron chi connectivity index (χ4n) is 4.00. The van der Waals surface area contributed by atoms with Gasteiger partial charge in [0.05, 0.1) is 24.2 Å². The molecule has 0 fully saturated rings. The molecule has 0 aliphatic rings. The lowest BCUT2D eigenvalue weighted by atomic mass is 10.1. The van der Waals surface area contributed by atoms with Crippen molar-refractivity contribution in [2.24, 2.45) is 0 Å². The van der Waals surface area contributed by atoms with Gasteiger partial charge >= 0.3 is 0 Å². The van der Waals surface area contributed by atoms with Crippen LogP contribution in [0.1, 0.15) is 40.5 Å². The van der Waals surface area contributed by atoms with Crippen molar-refractivity contribution < 1.29 is 9.47 Å². The zero-order valence-electron chi connectivity index (χ0n) is 20.3. The molecule has 5 heteroatoms. The van der Waals surface area contributed by atoms with E-state index in [-0.39, 0.29) is 0 Å². The van der Waals surface area contributed by atoms with E-state index in [0.717, 1.165) is 98.6 Å². The lowest BCUT2D eigenvalue weighted by molar-refractivity contribution is 0.249. The molecule has 0 saturated heterocycles. The van der Waals surface area contributed by atoms with E-state index in [2.05, 4.69) is 55.7 Å². The van der Waals surface area contributed by atoms with Gasteiger partial charge in [0, 0.05) is 36.0 Å². The van der Waals surface area contributed by atoms with E-state index < -0.39 is 0 Å². The van der Waals surface area contributed by atoms with Crippen LogP contribution in [-0.4, -0.2) is 67.3 Å². The molecule has 0 atom stereocenters. The van der Waals surface area contributed by atoms with Gasteiger partial charge in [-0.15, -0.1) is 0 Å². The third kappa shape index (κ3) is 6.81. The Morgan fingerprint density at radius 1 is 0.625 bits per heavy atom. The largest absolute Gasteiger partial charge is 0.493 e. The maximum atomic E-state index is 6.00. The van der Waals surface area contributed by atoms with Gasteiger partial charge in [0.15, 0.2) is 0 Å². The quantitative estimate of drug-likeness (QED) is 0.242. The molecule has 3 rings (SSSR count). The Kier molecular flexibility index (Phi) is 9.57. The SMILES string of the molecule is CCN(CC)CCCOc1ccc2cc3ccc(OCCCN(CC)CC)cc3nc2c1. The molecule has 0 bridgehead atoms. The van der Waals surface area contributed by atoms with E-state index in [1.807, 2.05) is 24.3 Å². The van der Waals surface area contributed by atoms with Crippen molar-refractivity contribution in [3.63, 3.8) is 0 Å². The van der Waals surface area contributed by atoms with Crippen LogP contribution in [0.15, 0.2) is 42.5 Å². The van der Waals surface area contributed by atoms with Crippen LogP contribution < -0.4 is 9.47 Å². The summed E-state index contributed by atoms with van der Waals surface area (Å²) >= 11 is 0. The number of pyridine rings is 1. The van der Waals surface area contributed by atoms with Gasteiger partial charge in [-0.2, -0.15) is 0 Å². The Hall–Kier alpha value is -2.37. The molecule has 0 unspecified atom stereocenters. The molecule has 1 heterocycles. The zero-order chi connectivity index (χ0) is 22.8. The average molecular weight is 438 g/mol. The summed E-state index contributed by atoms with van der Waals surface area (Å²) in [5.41, 5.74) is 1.91. The molecule has 32 heavy (non-hydrogen) atoms. The first kappa shape index (κ1) is 24.3. The lowest BCUT2D eigenvalue weighted by Crippen LogP contribution is -2.25. The van der Waals surface area contributed by atoms with Crippen molar-refractivity contribution in [2.75, 3.05) is 52.5 Å². The van der Waals surface area contributed by atoms with Crippen molar-refractivity contribution in [3.8, 4) is 11.5 Å². The van der Waals surface area contributed by atoms with E-state index in [1.165, 1.54) is 0 Å². The molecule has 0 amide bonds. The van der Waals surface area contributed by atoms with Crippen LogP contribution >= 0.6 is 0 Å². The summed E-state index contributed by atoms with van der Waals surface area (Å²) in [6.45, 7) is 16.7. The Bertz CT molecular complexity index is 893. The van der Waals surface area contributed by atoms with Crippen molar-refractivity contribution in [1.29, 1.82) is 0 Å². The van der Waals surface area contributed by atoms with Gasteiger partial charge in [-0.3, -0.25) is 0 Å². The highest BCUT2D eigenvalue weighted by Crippen LogP contribution is 2.26. The monoisotopic (exact) mass is 437 g/mol. The van der Waals surface area contributed by atoms with Crippen LogP contribution in [0.2, 0.25) is 0 Å². The summed E-state index contributed by atoms with van der Waals surface area (Å²) in [6.07, 6.45) is 2.06. The zero-order valence-corrected chi connectivity index (χ0v) is 20.3. The predicted octanol–water partition coefficient (Wildman–Crippen LogP) is 5.61. The maximum Gasteiger partial charge on any atom is 0.121 e. The number of hydrogen-bond donors (Lipinski definition) is 0. The maximum absolute atomic E-state index is 6.00. The Morgan fingerprint density at radius 3 is 1.47 bits per heavy atom. The summed E-state index contributed by atoms with van der Waals surface area (Å²) in [7, 11) is 0. The number of rotatable bonds is 14. The third-order valence-corrected chi connectivity index (χ3v) is 6.12. The first-order chi connectivity index (χ1) is 15.7. The summed E-state index contributed by atoms with van der Waals surface area (Å²) in [5, 5.41) is 2.25. The van der Waals surface area contributed by atoms with Crippen molar-refractivity contribution >= 4 is 21.8 Å². The molecule has 0 aliphatic heterocycles. The predicted molar refractivity (Wildman–Crippen MR) is 135 cm³/mol. The second-order valence-electron chi connectivity index (χ2n) is 8.16. The van der Waals surface area contributed by atoms with Crippen LogP contribution in [0.4, 0.5) is 0 Å². The topological polar surface area (TPSA) is 37.8 Å². The molecule has 0 saturated carbocycles. The van der Waals surface area contributed by atoms with Gasteiger partial charge in [0.25, 0.3) is 0 Å². The Balaban J connectivity index is 1.61. The van der Waals surface area contributed by atoms with Crippen molar-refractivity contribution in [1.82, 2.24) is 14.8 Å². The minimum Gasteiger partial charge on any atom is -0.493 e. The molecule has 174 valence electrons. The Morgan fingerprint density at radius 2 is 1.06 bits per heavy atom. The first-order valence-electron chi connectivity index (χ1n) is 12.2. The third-order valence-electron chi connectivity index (χ3n) is 6.12. The van der Waals surface area contributed by atoms with Gasteiger partial charge in [-0.25, -0.2) is 4.98 Å². The van der Waals surface area contributed by atoms with Crippen LogP contribution in [0.3, 0.4) is 0 Å². The van der Waals surface area contributed by atoms with E-state index in [4.69, 9.17) is 14.5 Å². The number of ether oxygens (including phenoxy) is 2. The average Bonchev–Trinajstić information content (AvgIpc) is 2.83.